The second-order valence-electron chi connectivity index (χ2n) is 3.97. The van der Waals surface area contributed by atoms with Crippen LogP contribution >= 0.6 is 15.9 Å². The molecule has 0 saturated heterocycles. The van der Waals surface area contributed by atoms with Crippen molar-refractivity contribution in [1.82, 2.24) is 14.5 Å². The molecule has 3 rings (SSSR count). The van der Waals surface area contributed by atoms with Crippen LogP contribution in [0.5, 0.6) is 0 Å². The van der Waals surface area contributed by atoms with E-state index in [4.69, 9.17) is 0 Å². The van der Waals surface area contributed by atoms with Crippen LogP contribution in [0.15, 0.2) is 41.0 Å². The molecule has 2 heterocycles. The summed E-state index contributed by atoms with van der Waals surface area (Å²) < 4.78 is 16.5. The number of pyridine rings is 1. The summed E-state index contributed by atoms with van der Waals surface area (Å²) in [4.78, 5) is 8.10. The topological polar surface area (TPSA) is 30.7 Å². The lowest BCUT2D eigenvalue weighted by atomic mass is 10.2. The fourth-order valence-electron chi connectivity index (χ4n) is 1.96. The SMILES string of the molecule is Cn1c(-c2cccnc2F)nc2ccc(Br)cc21. The molecular weight excluding hydrogens is 297 g/mol. The highest BCUT2D eigenvalue weighted by atomic mass is 79.9. The van der Waals surface area contributed by atoms with Gasteiger partial charge in [0.25, 0.3) is 0 Å². The van der Waals surface area contributed by atoms with Crippen LogP contribution in [-0.4, -0.2) is 14.5 Å². The second-order valence-corrected chi connectivity index (χ2v) is 4.88. The lowest BCUT2D eigenvalue weighted by molar-refractivity contribution is 0.585. The molecule has 0 saturated carbocycles. The minimum Gasteiger partial charge on any atom is -0.327 e. The number of hydrogen-bond acceptors (Lipinski definition) is 2. The van der Waals surface area contributed by atoms with Crippen LogP contribution in [0.2, 0.25) is 0 Å². The van der Waals surface area contributed by atoms with E-state index >= 15 is 0 Å². The molecule has 0 fully saturated rings. The Hall–Kier alpha value is -1.75. The predicted molar refractivity (Wildman–Crippen MR) is 71.6 cm³/mol. The average Bonchev–Trinajstić information content (AvgIpc) is 2.68. The van der Waals surface area contributed by atoms with Crippen molar-refractivity contribution in [2.75, 3.05) is 0 Å². The summed E-state index contributed by atoms with van der Waals surface area (Å²) in [5.74, 6) is 0.0728. The van der Waals surface area contributed by atoms with Gasteiger partial charge >= 0.3 is 0 Å². The van der Waals surface area contributed by atoms with E-state index in [-0.39, 0.29) is 0 Å². The molecule has 0 bridgehead atoms. The molecule has 18 heavy (non-hydrogen) atoms. The zero-order valence-corrected chi connectivity index (χ0v) is 11.1. The summed E-state index contributed by atoms with van der Waals surface area (Å²) in [6.45, 7) is 0. The molecule has 2 aromatic heterocycles. The molecule has 0 N–H and O–H groups in total. The van der Waals surface area contributed by atoms with Crippen molar-refractivity contribution in [2.24, 2.45) is 7.05 Å². The molecule has 0 unspecified atom stereocenters. The first-order valence-electron chi connectivity index (χ1n) is 5.39. The molecule has 0 radical (unpaired) electrons. The van der Waals surface area contributed by atoms with Gasteiger partial charge in [-0.1, -0.05) is 15.9 Å². The summed E-state index contributed by atoms with van der Waals surface area (Å²) >= 11 is 3.42. The van der Waals surface area contributed by atoms with Gasteiger partial charge < -0.3 is 4.57 Å². The second kappa shape index (κ2) is 4.17. The van der Waals surface area contributed by atoms with E-state index in [2.05, 4.69) is 25.9 Å². The summed E-state index contributed by atoms with van der Waals surface area (Å²) in [6, 6.07) is 9.16. The van der Waals surface area contributed by atoms with Crippen molar-refractivity contribution >= 4 is 27.0 Å². The van der Waals surface area contributed by atoms with Crippen LogP contribution in [0.4, 0.5) is 4.39 Å². The first-order valence-corrected chi connectivity index (χ1v) is 6.19. The van der Waals surface area contributed by atoms with Crippen LogP contribution in [0, 0.1) is 5.95 Å². The van der Waals surface area contributed by atoms with Gasteiger partial charge in [-0.05, 0) is 30.3 Å². The van der Waals surface area contributed by atoms with Gasteiger partial charge in [0.15, 0.2) is 0 Å². The molecule has 0 aliphatic rings. The van der Waals surface area contributed by atoms with E-state index in [1.165, 1.54) is 6.20 Å². The third-order valence-corrected chi connectivity index (χ3v) is 3.34. The summed E-state index contributed by atoms with van der Waals surface area (Å²) in [5, 5.41) is 0. The van der Waals surface area contributed by atoms with Gasteiger partial charge in [-0.15, -0.1) is 0 Å². The van der Waals surface area contributed by atoms with Gasteiger partial charge in [-0.3, -0.25) is 0 Å². The minimum absolute atomic E-state index is 0.410. The maximum Gasteiger partial charge on any atom is 0.223 e. The molecule has 3 aromatic rings. The van der Waals surface area contributed by atoms with E-state index < -0.39 is 5.95 Å². The van der Waals surface area contributed by atoms with Crippen LogP contribution in [0.3, 0.4) is 0 Å². The van der Waals surface area contributed by atoms with Gasteiger partial charge in [0.2, 0.25) is 5.95 Å². The first-order chi connectivity index (χ1) is 8.66. The summed E-state index contributed by atoms with van der Waals surface area (Å²) in [6.07, 6.45) is 1.43. The highest BCUT2D eigenvalue weighted by molar-refractivity contribution is 9.10. The molecule has 0 spiro atoms. The molecule has 0 amide bonds. The Balaban J connectivity index is 2.31. The van der Waals surface area contributed by atoms with E-state index in [0.29, 0.717) is 11.4 Å². The Morgan fingerprint density at radius 3 is 2.89 bits per heavy atom. The number of imidazole rings is 1. The van der Waals surface area contributed by atoms with Crippen molar-refractivity contribution in [1.29, 1.82) is 0 Å². The number of aryl methyl sites for hydroxylation is 1. The maximum atomic E-state index is 13.7. The molecule has 0 atom stereocenters. The molecule has 0 aliphatic carbocycles. The normalized spacial score (nSPS) is 11.1. The first kappa shape index (κ1) is 11.3. The number of rotatable bonds is 1. The Morgan fingerprint density at radius 2 is 2.11 bits per heavy atom. The number of fused-ring (bicyclic) bond motifs is 1. The van der Waals surface area contributed by atoms with Crippen LogP contribution in [-0.2, 0) is 7.05 Å². The van der Waals surface area contributed by atoms with Gasteiger partial charge in [-0.2, -0.15) is 4.39 Å². The largest absolute Gasteiger partial charge is 0.327 e. The summed E-state index contributed by atoms with van der Waals surface area (Å²) in [5.41, 5.74) is 2.19. The lowest BCUT2D eigenvalue weighted by Gasteiger charge is -2.02. The summed E-state index contributed by atoms with van der Waals surface area (Å²) in [7, 11) is 1.86. The van der Waals surface area contributed by atoms with Crippen molar-refractivity contribution in [3.8, 4) is 11.4 Å². The Labute approximate surface area is 111 Å². The van der Waals surface area contributed by atoms with Crippen LogP contribution in [0.25, 0.3) is 22.4 Å². The third kappa shape index (κ3) is 1.71. The van der Waals surface area contributed by atoms with Crippen molar-refractivity contribution < 1.29 is 4.39 Å². The Kier molecular flexibility index (Phi) is 2.63. The predicted octanol–water partition coefficient (Wildman–Crippen LogP) is 3.54. The maximum absolute atomic E-state index is 13.7. The van der Waals surface area contributed by atoms with Crippen molar-refractivity contribution in [2.45, 2.75) is 0 Å². The quantitative estimate of drug-likeness (QED) is 0.644. The smallest absolute Gasteiger partial charge is 0.223 e. The van der Waals surface area contributed by atoms with Gasteiger partial charge in [0.05, 0.1) is 16.6 Å². The van der Waals surface area contributed by atoms with Crippen molar-refractivity contribution in [3.63, 3.8) is 0 Å². The average molecular weight is 306 g/mol. The van der Waals surface area contributed by atoms with E-state index in [1.54, 1.807) is 12.1 Å². The minimum atomic E-state index is -0.505. The zero-order valence-electron chi connectivity index (χ0n) is 9.56. The fourth-order valence-corrected chi connectivity index (χ4v) is 2.31. The number of halogens is 2. The molecule has 3 nitrogen and oxygen atoms in total. The fraction of sp³-hybridized carbons (Fsp3) is 0.0769. The highest BCUT2D eigenvalue weighted by Crippen LogP contribution is 2.26. The Bertz CT molecular complexity index is 736. The van der Waals surface area contributed by atoms with Crippen LogP contribution in [0.1, 0.15) is 0 Å². The number of benzene rings is 1. The third-order valence-electron chi connectivity index (χ3n) is 2.84. The molecule has 0 aliphatic heterocycles. The molecule has 5 heteroatoms. The monoisotopic (exact) mass is 305 g/mol. The molecule has 90 valence electrons. The Morgan fingerprint density at radius 1 is 1.28 bits per heavy atom. The standard InChI is InChI=1S/C13H9BrFN3/c1-18-11-7-8(14)4-5-10(11)17-13(18)9-3-2-6-16-12(9)15/h2-7H,1H3. The lowest BCUT2D eigenvalue weighted by Crippen LogP contribution is -1.96. The number of hydrogen-bond donors (Lipinski definition) is 0. The number of aromatic nitrogens is 3. The molecular formula is C13H9BrFN3. The highest BCUT2D eigenvalue weighted by Gasteiger charge is 2.13. The van der Waals surface area contributed by atoms with E-state index in [1.807, 2.05) is 29.8 Å². The van der Waals surface area contributed by atoms with Gasteiger partial charge in [-0.25, -0.2) is 9.97 Å². The zero-order chi connectivity index (χ0) is 12.7. The van der Waals surface area contributed by atoms with Gasteiger partial charge in [0.1, 0.15) is 5.82 Å². The molecule has 1 aromatic carbocycles. The van der Waals surface area contributed by atoms with E-state index in [9.17, 15) is 4.39 Å². The van der Waals surface area contributed by atoms with Crippen molar-refractivity contribution in [3.05, 3.63) is 46.9 Å². The van der Waals surface area contributed by atoms with Gasteiger partial charge in [0, 0.05) is 17.7 Å². The number of nitrogens with zero attached hydrogens (tertiary/aromatic N) is 3. The van der Waals surface area contributed by atoms with Crippen LogP contribution < -0.4 is 0 Å². The van der Waals surface area contributed by atoms with E-state index in [0.717, 1.165) is 15.5 Å².